The van der Waals surface area contributed by atoms with Crippen molar-refractivity contribution in [1.82, 2.24) is 9.97 Å². The van der Waals surface area contributed by atoms with Gasteiger partial charge in [-0.25, -0.2) is 4.98 Å². The van der Waals surface area contributed by atoms with Crippen LogP contribution in [0.4, 0.5) is 5.82 Å². The summed E-state index contributed by atoms with van der Waals surface area (Å²) in [6.07, 6.45) is 2.76. The average molecular weight is 250 g/mol. The molecule has 0 spiro atoms. The summed E-state index contributed by atoms with van der Waals surface area (Å²) < 4.78 is 5.40. The largest absolute Gasteiger partial charge is 0.370 e. The molecule has 1 aliphatic rings. The Morgan fingerprint density at radius 2 is 2.18 bits per heavy atom. The molecular weight excluding hydrogens is 234 g/mol. The van der Waals surface area contributed by atoms with E-state index in [1.54, 1.807) is 17.7 Å². The second kappa shape index (κ2) is 4.68. The smallest absolute Gasteiger partial charge is 0.237 e. The number of nitrogens with zero attached hydrogens (tertiary/aromatic N) is 2. The highest BCUT2D eigenvalue weighted by Crippen LogP contribution is 2.26. The van der Waals surface area contributed by atoms with E-state index in [-0.39, 0.29) is 0 Å². The van der Waals surface area contributed by atoms with Crippen molar-refractivity contribution in [2.75, 3.05) is 26.3 Å². The van der Waals surface area contributed by atoms with Crippen LogP contribution in [0.3, 0.4) is 0 Å². The summed E-state index contributed by atoms with van der Waals surface area (Å²) in [6.45, 7) is 5.84. The van der Waals surface area contributed by atoms with Crippen molar-refractivity contribution in [2.24, 2.45) is 0 Å². The van der Waals surface area contributed by atoms with E-state index in [0.717, 1.165) is 43.4 Å². The number of nitrogens with one attached hydrogen (secondary N) is 1. The van der Waals surface area contributed by atoms with Gasteiger partial charge in [-0.15, -0.1) is 11.3 Å². The summed E-state index contributed by atoms with van der Waals surface area (Å²) in [5.74, 6) is 1.15. The van der Waals surface area contributed by atoms with E-state index in [1.807, 2.05) is 0 Å². The van der Waals surface area contributed by atoms with Crippen LogP contribution in [0.25, 0.3) is 10.2 Å². The highest BCUT2D eigenvalue weighted by molar-refractivity contribution is 7.18. The Balaban J connectivity index is 2.05. The third-order valence-electron chi connectivity index (χ3n) is 3.16. The van der Waals surface area contributed by atoms with Gasteiger partial charge in [-0.2, -0.15) is 4.98 Å². The van der Waals surface area contributed by atoms with Crippen LogP contribution in [0.2, 0.25) is 0 Å². The van der Waals surface area contributed by atoms with E-state index in [1.165, 1.54) is 15.2 Å². The number of aryl methyl sites for hydroxylation is 1. The van der Waals surface area contributed by atoms with E-state index < -0.39 is 0 Å². The van der Waals surface area contributed by atoms with Gasteiger partial charge in [0.25, 0.3) is 0 Å². The highest BCUT2D eigenvalue weighted by Gasteiger charge is 2.21. The van der Waals surface area contributed by atoms with Gasteiger partial charge in [0.2, 0.25) is 5.82 Å². The van der Waals surface area contributed by atoms with E-state index in [9.17, 15) is 0 Å². The lowest BCUT2D eigenvalue weighted by atomic mass is 10.3. The molecule has 0 aliphatic carbocycles. The van der Waals surface area contributed by atoms with Crippen molar-refractivity contribution in [3.63, 3.8) is 0 Å². The lowest BCUT2D eigenvalue weighted by Gasteiger charge is -2.22. The first-order valence-corrected chi connectivity index (χ1v) is 6.86. The Kier molecular flexibility index (Phi) is 3.05. The Bertz CT molecular complexity index is 519. The molecule has 0 atom stereocenters. The molecule has 3 rings (SSSR count). The second-order valence-corrected chi connectivity index (χ2v) is 5.34. The molecule has 0 saturated carbocycles. The number of rotatable bonds is 2. The molecule has 5 heteroatoms. The highest BCUT2D eigenvalue weighted by atomic mass is 32.1. The van der Waals surface area contributed by atoms with Crippen LogP contribution in [0, 0.1) is 0 Å². The number of hydrogen-bond acceptors (Lipinski definition) is 4. The van der Waals surface area contributed by atoms with Crippen LogP contribution < -0.4 is 4.90 Å². The van der Waals surface area contributed by atoms with Gasteiger partial charge in [-0.3, -0.25) is 4.90 Å². The molecule has 1 aliphatic heterocycles. The van der Waals surface area contributed by atoms with Crippen LogP contribution >= 0.6 is 11.3 Å². The van der Waals surface area contributed by atoms with E-state index in [2.05, 4.69) is 23.0 Å². The summed E-state index contributed by atoms with van der Waals surface area (Å²) in [7, 11) is 0. The minimum atomic E-state index is 0.825. The van der Waals surface area contributed by atoms with Crippen LogP contribution in [0.1, 0.15) is 11.8 Å². The Morgan fingerprint density at radius 1 is 1.35 bits per heavy atom. The van der Waals surface area contributed by atoms with Crippen molar-refractivity contribution in [3.8, 4) is 0 Å². The molecule has 1 fully saturated rings. The number of hydrogen-bond donors (Lipinski definition) is 1. The minimum Gasteiger partial charge on any atom is -0.370 e. The van der Waals surface area contributed by atoms with Gasteiger partial charge in [0.15, 0.2) is 0 Å². The maximum atomic E-state index is 5.40. The van der Waals surface area contributed by atoms with E-state index >= 15 is 0 Å². The summed E-state index contributed by atoms with van der Waals surface area (Å²) in [5, 5.41) is 1.23. The average Bonchev–Trinajstić information content (AvgIpc) is 2.82. The zero-order chi connectivity index (χ0) is 11.7. The van der Waals surface area contributed by atoms with Crippen molar-refractivity contribution < 1.29 is 9.64 Å². The normalized spacial score (nSPS) is 17.7. The fourth-order valence-electron chi connectivity index (χ4n) is 2.22. The summed E-state index contributed by atoms with van der Waals surface area (Å²) >= 11 is 1.78. The first-order valence-electron chi connectivity index (χ1n) is 6.04. The van der Waals surface area contributed by atoms with Crippen LogP contribution in [0.15, 0.2) is 12.4 Å². The first-order chi connectivity index (χ1) is 8.38. The predicted octanol–water partition coefficient (Wildman–Crippen LogP) is 0.800. The maximum Gasteiger partial charge on any atom is 0.237 e. The maximum absolute atomic E-state index is 5.40. The van der Waals surface area contributed by atoms with Gasteiger partial charge in [-0.1, -0.05) is 6.92 Å². The fraction of sp³-hybridized carbons (Fsp3) is 0.500. The monoisotopic (exact) mass is 250 g/mol. The zero-order valence-corrected chi connectivity index (χ0v) is 10.7. The second-order valence-electron chi connectivity index (χ2n) is 4.22. The van der Waals surface area contributed by atoms with E-state index in [0.29, 0.717) is 0 Å². The number of morpholine rings is 1. The van der Waals surface area contributed by atoms with Gasteiger partial charge in [0, 0.05) is 4.88 Å². The first kappa shape index (κ1) is 11.1. The van der Waals surface area contributed by atoms with Gasteiger partial charge < -0.3 is 4.74 Å². The molecule has 90 valence electrons. The molecule has 0 bridgehead atoms. The lowest BCUT2D eigenvalue weighted by molar-refractivity contribution is -0.843. The number of ether oxygens (including phenoxy) is 1. The fourth-order valence-corrected chi connectivity index (χ4v) is 3.15. The zero-order valence-electron chi connectivity index (χ0n) is 9.90. The van der Waals surface area contributed by atoms with Crippen LogP contribution in [-0.4, -0.2) is 36.3 Å². The summed E-state index contributed by atoms with van der Waals surface area (Å²) in [5.41, 5.74) is 0. The minimum absolute atomic E-state index is 0.825. The molecule has 3 heterocycles. The quantitative estimate of drug-likeness (QED) is 0.857. The Labute approximate surface area is 104 Å². The number of fused-ring (bicyclic) bond motifs is 1. The van der Waals surface area contributed by atoms with Crippen molar-refractivity contribution in [3.05, 3.63) is 17.3 Å². The molecule has 17 heavy (non-hydrogen) atoms. The Hall–Kier alpha value is -1.04. The molecule has 0 unspecified atom stereocenters. The molecule has 1 saturated heterocycles. The molecule has 0 amide bonds. The molecular formula is C12H16N3OS+. The third kappa shape index (κ3) is 2.06. The Morgan fingerprint density at radius 3 is 2.94 bits per heavy atom. The predicted molar refractivity (Wildman–Crippen MR) is 68.0 cm³/mol. The van der Waals surface area contributed by atoms with Gasteiger partial charge in [-0.05, 0) is 12.5 Å². The van der Waals surface area contributed by atoms with Crippen LogP contribution in [0.5, 0.6) is 0 Å². The molecule has 2 aromatic heterocycles. The van der Waals surface area contributed by atoms with Crippen LogP contribution in [-0.2, 0) is 11.2 Å². The summed E-state index contributed by atoms with van der Waals surface area (Å²) in [6, 6.07) is 2.25. The van der Waals surface area contributed by atoms with Gasteiger partial charge >= 0.3 is 0 Å². The molecule has 4 nitrogen and oxygen atoms in total. The number of quaternary nitrogens is 1. The van der Waals surface area contributed by atoms with Gasteiger partial charge in [0.1, 0.15) is 24.2 Å². The van der Waals surface area contributed by atoms with Gasteiger partial charge in [0.05, 0.1) is 18.6 Å². The number of aromatic nitrogens is 2. The summed E-state index contributed by atoms with van der Waals surface area (Å²) in [4.78, 5) is 12.8. The third-order valence-corrected chi connectivity index (χ3v) is 4.35. The molecule has 0 radical (unpaired) electrons. The molecule has 2 aromatic rings. The topological polar surface area (TPSA) is 39.5 Å². The van der Waals surface area contributed by atoms with Crippen molar-refractivity contribution in [1.29, 1.82) is 0 Å². The standard InChI is InChI=1S/C12H15N3OS/c1-2-9-7-10-11(13-8-14-12(10)17-9)15-3-5-16-6-4-15/h7-8H,2-6H2,1H3/p+1. The lowest BCUT2D eigenvalue weighted by Crippen LogP contribution is -3.09. The number of thiophene rings is 1. The van der Waals surface area contributed by atoms with Crippen molar-refractivity contribution >= 4 is 27.4 Å². The van der Waals surface area contributed by atoms with E-state index in [4.69, 9.17) is 4.74 Å². The molecule has 1 N–H and O–H groups in total. The molecule has 0 aromatic carbocycles. The van der Waals surface area contributed by atoms with Crippen molar-refractivity contribution in [2.45, 2.75) is 13.3 Å². The SMILES string of the molecule is CCc1cc2c([NH+]3CCOCC3)ncnc2s1.